The van der Waals surface area contributed by atoms with Gasteiger partial charge in [0.05, 0.1) is 6.04 Å². The lowest BCUT2D eigenvalue weighted by molar-refractivity contribution is -0.119. The minimum absolute atomic E-state index is 0.453. The molecule has 1 atom stereocenters. The predicted octanol–water partition coefficient (Wildman–Crippen LogP) is -0.879. The van der Waals surface area contributed by atoms with E-state index < -0.39 is 11.9 Å². The number of nitrogens with one attached hydrogen (secondary N) is 1. The van der Waals surface area contributed by atoms with Crippen LogP contribution in [0.4, 0.5) is 0 Å². The molecule has 0 aromatic rings. The predicted molar refractivity (Wildman–Crippen MR) is 62.4 cm³/mol. The summed E-state index contributed by atoms with van der Waals surface area (Å²) >= 11 is 0. The van der Waals surface area contributed by atoms with E-state index in [9.17, 15) is 4.79 Å². The maximum atomic E-state index is 10.6. The van der Waals surface area contributed by atoms with Crippen LogP contribution in [0.3, 0.4) is 0 Å². The fourth-order valence-electron chi connectivity index (χ4n) is 1.33. The van der Waals surface area contributed by atoms with Crippen LogP contribution in [0.25, 0.3) is 0 Å². The summed E-state index contributed by atoms with van der Waals surface area (Å²) in [7, 11) is 0. The van der Waals surface area contributed by atoms with E-state index in [4.69, 9.17) is 11.5 Å². The van der Waals surface area contributed by atoms with Gasteiger partial charge in [-0.15, -0.1) is 0 Å². The normalized spacial score (nSPS) is 13.1. The number of amides is 1. The number of carbonyl (C=O) groups is 1. The standard InChI is InChI=1S/C10H24N4O/c1-3-14(4-2)7-5-6-13-8-9(11)10(12)15/h9,13H,3-8,11H2,1-2H3,(H2,12,15). The lowest BCUT2D eigenvalue weighted by Gasteiger charge is -2.18. The molecular formula is C10H24N4O. The van der Waals surface area contributed by atoms with Crippen LogP contribution >= 0.6 is 0 Å². The van der Waals surface area contributed by atoms with Gasteiger partial charge in [-0.2, -0.15) is 0 Å². The summed E-state index contributed by atoms with van der Waals surface area (Å²) in [4.78, 5) is 13.0. The van der Waals surface area contributed by atoms with Crippen LogP contribution in [0.5, 0.6) is 0 Å². The van der Waals surface area contributed by atoms with Crippen molar-refractivity contribution in [3.05, 3.63) is 0 Å². The largest absolute Gasteiger partial charge is 0.368 e. The SMILES string of the molecule is CCN(CC)CCCNCC(N)C(N)=O. The van der Waals surface area contributed by atoms with E-state index in [1.807, 2.05) is 0 Å². The third-order valence-corrected chi connectivity index (χ3v) is 2.45. The maximum absolute atomic E-state index is 10.6. The molecule has 5 heteroatoms. The Morgan fingerprint density at radius 3 is 2.47 bits per heavy atom. The highest BCUT2D eigenvalue weighted by Gasteiger charge is 2.07. The van der Waals surface area contributed by atoms with Crippen LogP contribution in [0, 0.1) is 0 Å². The average Bonchev–Trinajstić information content (AvgIpc) is 2.23. The molecule has 0 aliphatic rings. The summed E-state index contributed by atoms with van der Waals surface area (Å²) in [5.74, 6) is -0.453. The van der Waals surface area contributed by atoms with Gasteiger partial charge in [0, 0.05) is 6.54 Å². The number of carbonyl (C=O) groups excluding carboxylic acids is 1. The van der Waals surface area contributed by atoms with Crippen molar-refractivity contribution >= 4 is 5.91 Å². The van der Waals surface area contributed by atoms with Gasteiger partial charge < -0.3 is 21.7 Å². The zero-order valence-corrected chi connectivity index (χ0v) is 9.83. The van der Waals surface area contributed by atoms with Crippen molar-refractivity contribution in [1.29, 1.82) is 0 Å². The van der Waals surface area contributed by atoms with Crippen LogP contribution in [-0.4, -0.2) is 49.6 Å². The first-order chi connectivity index (χ1) is 7.11. The van der Waals surface area contributed by atoms with Gasteiger partial charge in [-0.1, -0.05) is 13.8 Å². The van der Waals surface area contributed by atoms with Crippen LogP contribution in [0.2, 0.25) is 0 Å². The molecule has 5 N–H and O–H groups in total. The van der Waals surface area contributed by atoms with Gasteiger partial charge in [0.1, 0.15) is 0 Å². The molecule has 0 saturated heterocycles. The highest BCUT2D eigenvalue weighted by Crippen LogP contribution is 1.89. The Bertz CT molecular complexity index is 171. The number of nitrogens with zero attached hydrogens (tertiary/aromatic N) is 1. The second-order valence-corrected chi connectivity index (χ2v) is 3.59. The molecule has 5 nitrogen and oxygen atoms in total. The van der Waals surface area contributed by atoms with E-state index in [0.717, 1.165) is 32.6 Å². The lowest BCUT2D eigenvalue weighted by atomic mass is 10.3. The van der Waals surface area contributed by atoms with E-state index >= 15 is 0 Å². The highest BCUT2D eigenvalue weighted by atomic mass is 16.1. The van der Waals surface area contributed by atoms with Crippen LogP contribution in [0.15, 0.2) is 0 Å². The smallest absolute Gasteiger partial charge is 0.235 e. The number of rotatable bonds is 9. The van der Waals surface area contributed by atoms with Crippen molar-refractivity contribution in [2.75, 3.05) is 32.7 Å². The molecule has 0 aliphatic carbocycles. The minimum atomic E-state index is -0.571. The van der Waals surface area contributed by atoms with E-state index in [0.29, 0.717) is 6.54 Å². The number of hydrogen-bond donors (Lipinski definition) is 3. The van der Waals surface area contributed by atoms with Crippen LogP contribution < -0.4 is 16.8 Å². The fourth-order valence-corrected chi connectivity index (χ4v) is 1.33. The molecule has 0 heterocycles. The minimum Gasteiger partial charge on any atom is -0.368 e. The average molecular weight is 216 g/mol. The molecule has 0 fully saturated rings. The van der Waals surface area contributed by atoms with Crippen molar-refractivity contribution in [3.63, 3.8) is 0 Å². The summed E-state index contributed by atoms with van der Waals surface area (Å²) in [5.41, 5.74) is 10.5. The number of nitrogens with two attached hydrogens (primary N) is 2. The molecule has 1 unspecified atom stereocenters. The first kappa shape index (κ1) is 14.3. The Kier molecular flexibility index (Phi) is 8.27. The molecule has 1 amide bonds. The molecule has 0 aromatic carbocycles. The number of hydrogen-bond acceptors (Lipinski definition) is 4. The summed E-state index contributed by atoms with van der Waals surface area (Å²) in [6.45, 7) is 8.88. The highest BCUT2D eigenvalue weighted by molar-refractivity contribution is 5.79. The topological polar surface area (TPSA) is 84.4 Å². The monoisotopic (exact) mass is 216 g/mol. The summed E-state index contributed by atoms with van der Waals surface area (Å²) in [6.07, 6.45) is 1.06. The molecule has 0 aliphatic heterocycles. The van der Waals surface area contributed by atoms with Crippen molar-refractivity contribution in [2.24, 2.45) is 11.5 Å². The second-order valence-electron chi connectivity index (χ2n) is 3.59. The Balaban J connectivity index is 3.35. The van der Waals surface area contributed by atoms with E-state index in [1.165, 1.54) is 0 Å². The molecular weight excluding hydrogens is 192 g/mol. The third kappa shape index (κ3) is 7.30. The van der Waals surface area contributed by atoms with E-state index in [2.05, 4.69) is 24.1 Å². The van der Waals surface area contributed by atoms with Gasteiger partial charge in [-0.25, -0.2) is 0 Å². The molecule has 0 radical (unpaired) electrons. The first-order valence-corrected chi connectivity index (χ1v) is 5.59. The Labute approximate surface area is 92.2 Å². The first-order valence-electron chi connectivity index (χ1n) is 5.59. The van der Waals surface area contributed by atoms with Gasteiger partial charge in [0.25, 0.3) is 0 Å². The summed E-state index contributed by atoms with van der Waals surface area (Å²) in [5, 5.41) is 3.12. The molecule has 0 bridgehead atoms. The van der Waals surface area contributed by atoms with Gasteiger partial charge in [0.15, 0.2) is 0 Å². The third-order valence-electron chi connectivity index (χ3n) is 2.45. The second kappa shape index (κ2) is 8.64. The Hall–Kier alpha value is -0.650. The molecule has 0 spiro atoms. The summed E-state index contributed by atoms with van der Waals surface area (Å²) < 4.78 is 0. The van der Waals surface area contributed by atoms with E-state index in [1.54, 1.807) is 0 Å². The zero-order valence-electron chi connectivity index (χ0n) is 9.83. The molecule has 15 heavy (non-hydrogen) atoms. The number of primary amides is 1. The quantitative estimate of drug-likeness (QED) is 0.437. The van der Waals surface area contributed by atoms with Crippen LogP contribution in [0.1, 0.15) is 20.3 Å². The van der Waals surface area contributed by atoms with Crippen molar-refractivity contribution < 1.29 is 4.79 Å². The molecule has 0 aromatic heterocycles. The van der Waals surface area contributed by atoms with Gasteiger partial charge >= 0.3 is 0 Å². The van der Waals surface area contributed by atoms with Gasteiger partial charge in [-0.05, 0) is 32.6 Å². The van der Waals surface area contributed by atoms with Crippen molar-refractivity contribution in [2.45, 2.75) is 26.3 Å². The van der Waals surface area contributed by atoms with Gasteiger partial charge in [-0.3, -0.25) is 4.79 Å². The molecule has 0 rings (SSSR count). The van der Waals surface area contributed by atoms with Crippen LogP contribution in [-0.2, 0) is 4.79 Å². The molecule has 90 valence electrons. The zero-order chi connectivity index (χ0) is 11.7. The van der Waals surface area contributed by atoms with E-state index in [-0.39, 0.29) is 0 Å². The Morgan fingerprint density at radius 1 is 1.40 bits per heavy atom. The van der Waals surface area contributed by atoms with Gasteiger partial charge in [0.2, 0.25) is 5.91 Å². The lowest BCUT2D eigenvalue weighted by Crippen LogP contribution is -2.44. The fraction of sp³-hybridized carbons (Fsp3) is 0.900. The summed E-state index contributed by atoms with van der Waals surface area (Å²) in [6, 6.07) is -0.571. The maximum Gasteiger partial charge on any atom is 0.235 e. The van der Waals surface area contributed by atoms with Crippen molar-refractivity contribution in [3.8, 4) is 0 Å². The van der Waals surface area contributed by atoms with Crippen molar-refractivity contribution in [1.82, 2.24) is 10.2 Å². The Morgan fingerprint density at radius 2 is 2.00 bits per heavy atom. The molecule has 0 saturated carbocycles.